The SMILES string of the molecule is CSCCC(=O)N(CC1CC1)n1cc(-c2cccnc2)nc1C. The molecule has 122 valence electrons. The van der Waals surface area contributed by atoms with Gasteiger partial charge in [0, 0.05) is 36.7 Å². The fourth-order valence-electron chi connectivity index (χ4n) is 2.53. The number of rotatable bonds is 7. The van der Waals surface area contributed by atoms with Crippen LogP contribution in [0.5, 0.6) is 0 Å². The summed E-state index contributed by atoms with van der Waals surface area (Å²) in [5.41, 5.74) is 1.83. The zero-order chi connectivity index (χ0) is 16.2. The van der Waals surface area contributed by atoms with Gasteiger partial charge in [-0.3, -0.25) is 9.78 Å². The molecule has 0 radical (unpaired) electrons. The highest BCUT2D eigenvalue weighted by molar-refractivity contribution is 7.98. The maximum Gasteiger partial charge on any atom is 0.242 e. The third kappa shape index (κ3) is 3.93. The Morgan fingerprint density at radius 1 is 1.48 bits per heavy atom. The molecule has 23 heavy (non-hydrogen) atoms. The number of thioether (sulfide) groups is 1. The molecule has 2 heterocycles. The Labute approximate surface area is 141 Å². The summed E-state index contributed by atoms with van der Waals surface area (Å²) in [7, 11) is 0. The Morgan fingerprint density at radius 2 is 2.30 bits per heavy atom. The number of carbonyl (C=O) groups is 1. The fourth-order valence-corrected chi connectivity index (χ4v) is 2.91. The Bertz CT molecular complexity index is 666. The number of amides is 1. The van der Waals surface area contributed by atoms with Crippen molar-refractivity contribution < 1.29 is 4.79 Å². The van der Waals surface area contributed by atoms with Crippen LogP contribution in [-0.2, 0) is 4.79 Å². The van der Waals surface area contributed by atoms with Crippen LogP contribution in [0.25, 0.3) is 11.3 Å². The van der Waals surface area contributed by atoms with E-state index in [-0.39, 0.29) is 5.91 Å². The fraction of sp³-hybridized carbons (Fsp3) is 0.471. The lowest BCUT2D eigenvalue weighted by Gasteiger charge is -2.24. The first kappa shape index (κ1) is 16.1. The van der Waals surface area contributed by atoms with Gasteiger partial charge in [-0.15, -0.1) is 0 Å². The lowest BCUT2D eigenvalue weighted by molar-refractivity contribution is -0.119. The molecule has 0 unspecified atom stereocenters. The number of aryl methyl sites for hydroxylation is 1. The number of nitrogens with zero attached hydrogens (tertiary/aromatic N) is 4. The van der Waals surface area contributed by atoms with Crippen molar-refractivity contribution >= 4 is 17.7 Å². The number of aromatic nitrogens is 3. The van der Waals surface area contributed by atoms with E-state index in [0.29, 0.717) is 12.3 Å². The van der Waals surface area contributed by atoms with Gasteiger partial charge < -0.3 is 0 Å². The summed E-state index contributed by atoms with van der Waals surface area (Å²) in [6.07, 6.45) is 10.5. The van der Waals surface area contributed by atoms with Crippen LogP contribution < -0.4 is 5.01 Å². The topological polar surface area (TPSA) is 51.0 Å². The summed E-state index contributed by atoms with van der Waals surface area (Å²) in [5, 5.41) is 1.87. The lowest BCUT2D eigenvalue weighted by Crippen LogP contribution is -2.42. The third-order valence-corrected chi connectivity index (χ3v) is 4.62. The van der Waals surface area contributed by atoms with E-state index in [0.717, 1.165) is 29.4 Å². The second-order valence-corrected chi connectivity index (χ2v) is 6.91. The molecule has 0 bridgehead atoms. The van der Waals surface area contributed by atoms with Gasteiger partial charge in [-0.05, 0) is 44.1 Å². The van der Waals surface area contributed by atoms with Crippen LogP contribution in [0.2, 0.25) is 0 Å². The molecular weight excluding hydrogens is 308 g/mol. The minimum absolute atomic E-state index is 0.171. The molecule has 5 nitrogen and oxygen atoms in total. The minimum Gasteiger partial charge on any atom is -0.273 e. The summed E-state index contributed by atoms with van der Waals surface area (Å²) >= 11 is 1.70. The molecule has 2 aromatic heterocycles. The van der Waals surface area contributed by atoms with Crippen LogP contribution in [-0.4, -0.2) is 39.1 Å². The van der Waals surface area contributed by atoms with Gasteiger partial charge in [-0.2, -0.15) is 11.8 Å². The van der Waals surface area contributed by atoms with Crippen LogP contribution in [0.4, 0.5) is 0 Å². The maximum absolute atomic E-state index is 12.6. The highest BCUT2D eigenvalue weighted by atomic mass is 32.2. The molecular formula is C17H22N4OS. The predicted molar refractivity (Wildman–Crippen MR) is 94.0 cm³/mol. The molecule has 0 N–H and O–H groups in total. The van der Waals surface area contributed by atoms with Crippen LogP contribution in [0.15, 0.2) is 30.7 Å². The average molecular weight is 330 g/mol. The molecule has 1 amide bonds. The lowest BCUT2D eigenvalue weighted by atomic mass is 10.2. The van der Waals surface area contributed by atoms with E-state index < -0.39 is 0 Å². The summed E-state index contributed by atoms with van der Waals surface area (Å²) in [4.78, 5) is 21.4. The van der Waals surface area contributed by atoms with Gasteiger partial charge in [0.25, 0.3) is 0 Å². The van der Waals surface area contributed by atoms with Gasteiger partial charge in [-0.25, -0.2) is 14.7 Å². The molecule has 0 saturated heterocycles. The second-order valence-electron chi connectivity index (χ2n) is 5.92. The Hall–Kier alpha value is -1.82. The number of imidazole rings is 1. The highest BCUT2D eigenvalue weighted by Gasteiger charge is 2.28. The van der Waals surface area contributed by atoms with Crippen molar-refractivity contribution in [2.45, 2.75) is 26.2 Å². The van der Waals surface area contributed by atoms with Gasteiger partial charge in [0.2, 0.25) is 5.91 Å². The largest absolute Gasteiger partial charge is 0.273 e. The van der Waals surface area contributed by atoms with Gasteiger partial charge >= 0.3 is 0 Å². The van der Waals surface area contributed by atoms with E-state index in [1.807, 2.05) is 41.2 Å². The summed E-state index contributed by atoms with van der Waals surface area (Å²) in [6, 6.07) is 3.88. The van der Waals surface area contributed by atoms with Crippen molar-refractivity contribution in [2.24, 2.45) is 5.92 Å². The third-order valence-electron chi connectivity index (χ3n) is 4.01. The zero-order valence-corrected chi connectivity index (χ0v) is 14.4. The maximum atomic E-state index is 12.6. The van der Waals surface area contributed by atoms with Gasteiger partial charge in [0.05, 0.1) is 11.9 Å². The minimum atomic E-state index is 0.171. The van der Waals surface area contributed by atoms with Crippen molar-refractivity contribution in [3.63, 3.8) is 0 Å². The summed E-state index contributed by atoms with van der Waals surface area (Å²) in [5.74, 6) is 2.49. The van der Waals surface area contributed by atoms with Crippen molar-refractivity contribution in [3.8, 4) is 11.3 Å². The first-order valence-corrected chi connectivity index (χ1v) is 9.34. The summed E-state index contributed by atoms with van der Waals surface area (Å²) in [6.45, 7) is 2.73. The molecule has 1 aliphatic carbocycles. The molecule has 0 aliphatic heterocycles. The number of pyridine rings is 1. The standard InChI is InChI=1S/C17H22N4OS/c1-13-19-16(15-4-3-8-18-10-15)12-20(13)21(11-14-5-6-14)17(22)7-9-23-2/h3-4,8,10,12,14H,5-7,9,11H2,1-2H3. The van der Waals surface area contributed by atoms with Crippen LogP contribution in [0.3, 0.4) is 0 Å². The van der Waals surface area contributed by atoms with Crippen molar-refractivity contribution in [1.29, 1.82) is 0 Å². The van der Waals surface area contributed by atoms with E-state index in [9.17, 15) is 4.79 Å². The van der Waals surface area contributed by atoms with Crippen molar-refractivity contribution in [1.82, 2.24) is 14.6 Å². The normalized spacial score (nSPS) is 14.0. The Balaban J connectivity index is 1.86. The first-order chi connectivity index (χ1) is 11.2. The average Bonchev–Trinajstić information content (AvgIpc) is 3.32. The predicted octanol–water partition coefficient (Wildman–Crippen LogP) is 2.88. The molecule has 1 fully saturated rings. The number of carbonyl (C=O) groups excluding carboxylic acids is 1. The van der Waals surface area contributed by atoms with E-state index >= 15 is 0 Å². The number of hydrogen-bond acceptors (Lipinski definition) is 4. The zero-order valence-electron chi connectivity index (χ0n) is 13.6. The quantitative estimate of drug-likeness (QED) is 0.783. The van der Waals surface area contributed by atoms with Crippen molar-refractivity contribution in [2.75, 3.05) is 23.6 Å². The Morgan fingerprint density at radius 3 is 2.96 bits per heavy atom. The smallest absolute Gasteiger partial charge is 0.242 e. The Kier molecular flexibility index (Phi) is 5.00. The molecule has 6 heteroatoms. The van der Waals surface area contributed by atoms with E-state index in [4.69, 9.17) is 0 Å². The first-order valence-electron chi connectivity index (χ1n) is 7.95. The molecule has 1 saturated carbocycles. The van der Waals surface area contributed by atoms with Gasteiger partial charge in [0.15, 0.2) is 0 Å². The second kappa shape index (κ2) is 7.17. The van der Waals surface area contributed by atoms with Gasteiger partial charge in [0.1, 0.15) is 5.82 Å². The highest BCUT2D eigenvalue weighted by Crippen LogP contribution is 2.30. The van der Waals surface area contributed by atoms with Gasteiger partial charge in [-0.1, -0.05) is 0 Å². The van der Waals surface area contributed by atoms with E-state index in [2.05, 4.69) is 9.97 Å². The van der Waals surface area contributed by atoms with E-state index in [1.165, 1.54) is 12.8 Å². The molecule has 0 atom stereocenters. The molecule has 0 aromatic carbocycles. The van der Waals surface area contributed by atoms with Crippen molar-refractivity contribution in [3.05, 3.63) is 36.5 Å². The molecule has 0 spiro atoms. The van der Waals surface area contributed by atoms with Crippen LogP contribution in [0.1, 0.15) is 25.1 Å². The summed E-state index contributed by atoms with van der Waals surface area (Å²) < 4.78 is 1.92. The number of hydrogen-bond donors (Lipinski definition) is 0. The molecule has 1 aliphatic rings. The van der Waals surface area contributed by atoms with Crippen LogP contribution in [0, 0.1) is 12.8 Å². The van der Waals surface area contributed by atoms with E-state index in [1.54, 1.807) is 24.2 Å². The van der Waals surface area contributed by atoms with Crippen LogP contribution >= 0.6 is 11.8 Å². The molecule has 2 aromatic rings. The monoisotopic (exact) mass is 330 g/mol. The molecule has 3 rings (SSSR count).